The Hall–Kier alpha value is -2.98. The molecule has 2 aromatic rings. The van der Waals surface area contributed by atoms with E-state index in [9.17, 15) is 9.59 Å². The molecule has 2 aliphatic heterocycles. The summed E-state index contributed by atoms with van der Waals surface area (Å²) in [5, 5.41) is 7.03. The van der Waals surface area contributed by atoms with E-state index in [1.165, 1.54) is 0 Å². The van der Waals surface area contributed by atoms with E-state index < -0.39 is 5.54 Å². The van der Waals surface area contributed by atoms with Crippen molar-refractivity contribution in [1.29, 1.82) is 0 Å². The molecule has 3 aliphatic rings. The van der Waals surface area contributed by atoms with E-state index in [1.54, 1.807) is 32.4 Å². The maximum absolute atomic E-state index is 14.1. The van der Waals surface area contributed by atoms with Crippen LogP contribution in [0.5, 0.6) is 11.5 Å². The Morgan fingerprint density at radius 1 is 1.13 bits per heavy atom. The fraction of sp³-hybridized carbons (Fsp3) is 0.464. The number of amides is 2. The Kier molecular flexibility index (Phi) is 7.99. The van der Waals surface area contributed by atoms with Gasteiger partial charge in [-0.2, -0.15) is 11.8 Å². The van der Waals surface area contributed by atoms with Crippen LogP contribution in [0, 0.1) is 0 Å². The van der Waals surface area contributed by atoms with E-state index in [1.807, 2.05) is 39.8 Å². The molecule has 2 N–H and O–H groups in total. The summed E-state index contributed by atoms with van der Waals surface area (Å²) in [4.78, 5) is 31.9. The molecule has 2 aromatic carbocycles. The average molecular weight is 555 g/mol. The summed E-state index contributed by atoms with van der Waals surface area (Å²) in [6.07, 6.45) is 3.04. The second-order valence-electron chi connectivity index (χ2n) is 9.95. The smallest absolute Gasteiger partial charge is 0.250 e. The Balaban J connectivity index is 1.37. The minimum atomic E-state index is -0.915. The van der Waals surface area contributed by atoms with Gasteiger partial charge in [-0.3, -0.25) is 9.59 Å². The first-order valence-electron chi connectivity index (χ1n) is 13.0. The van der Waals surface area contributed by atoms with E-state index in [2.05, 4.69) is 22.8 Å². The molecule has 2 amide bonds. The maximum atomic E-state index is 14.1. The number of benzene rings is 2. The van der Waals surface area contributed by atoms with Gasteiger partial charge in [0.05, 0.1) is 32.5 Å². The van der Waals surface area contributed by atoms with Gasteiger partial charge in [0.1, 0.15) is 17.0 Å². The number of nitrogens with one attached hydrogen (secondary N) is 2. The van der Waals surface area contributed by atoms with Gasteiger partial charge in [0, 0.05) is 18.7 Å². The van der Waals surface area contributed by atoms with Crippen molar-refractivity contribution in [2.75, 3.05) is 44.1 Å². The van der Waals surface area contributed by atoms with Gasteiger partial charge >= 0.3 is 0 Å². The van der Waals surface area contributed by atoms with E-state index in [0.717, 1.165) is 29.9 Å². The predicted octanol–water partition coefficient (Wildman–Crippen LogP) is 3.83. The summed E-state index contributed by atoms with van der Waals surface area (Å²) < 4.78 is 10.8. The van der Waals surface area contributed by atoms with Gasteiger partial charge in [-0.1, -0.05) is 30.3 Å². The summed E-state index contributed by atoms with van der Waals surface area (Å²) in [7, 11) is 3.15. The van der Waals surface area contributed by atoms with Crippen molar-refractivity contribution in [3.63, 3.8) is 0 Å². The van der Waals surface area contributed by atoms with Crippen LogP contribution < -0.4 is 20.1 Å². The highest BCUT2D eigenvalue weighted by Gasteiger charge is 2.52. The molecule has 10 heteroatoms. The molecule has 1 aliphatic carbocycles. The fourth-order valence-corrected chi connectivity index (χ4v) is 6.84. The monoisotopic (exact) mass is 554 g/mol. The van der Waals surface area contributed by atoms with Crippen LogP contribution in [0.25, 0.3) is 0 Å². The predicted molar refractivity (Wildman–Crippen MR) is 154 cm³/mol. The van der Waals surface area contributed by atoms with E-state index in [-0.39, 0.29) is 30.4 Å². The van der Waals surface area contributed by atoms with Crippen molar-refractivity contribution in [1.82, 2.24) is 15.1 Å². The highest BCUT2D eigenvalue weighted by atomic mass is 32.2. The van der Waals surface area contributed by atoms with Crippen LogP contribution >= 0.6 is 24.0 Å². The highest BCUT2D eigenvalue weighted by molar-refractivity contribution is 7.99. The zero-order valence-electron chi connectivity index (χ0n) is 21.8. The molecule has 8 nitrogen and oxygen atoms in total. The molecule has 0 bridgehead atoms. The van der Waals surface area contributed by atoms with Crippen LogP contribution in [0.4, 0.5) is 5.69 Å². The quantitative estimate of drug-likeness (QED) is 0.453. The van der Waals surface area contributed by atoms with Gasteiger partial charge in [-0.15, -0.1) is 0 Å². The standard InChI is InChI=1S/C28H34N4O4S2/c1-35-21-10-11-22(24(16-21)36-2)29-26(34)28(12-14-38-15-13-28)32(20-8-9-20)25(33)18-31-17-23(30-27(31)37)19-6-4-3-5-7-19/h3-7,10-11,16,20,23H,8-9,12-15,17-18H2,1-2H3,(H,29,34)(H,30,37)/t23-/m1/s1. The van der Waals surface area contributed by atoms with Crippen molar-refractivity contribution in [3.05, 3.63) is 54.1 Å². The molecule has 1 atom stereocenters. The van der Waals surface area contributed by atoms with Gasteiger partial charge in [-0.05, 0) is 67.1 Å². The molecule has 3 fully saturated rings. The van der Waals surface area contributed by atoms with Crippen molar-refractivity contribution in [3.8, 4) is 11.5 Å². The van der Waals surface area contributed by atoms with Gasteiger partial charge < -0.3 is 29.9 Å². The lowest BCUT2D eigenvalue weighted by atomic mass is 9.87. The minimum Gasteiger partial charge on any atom is -0.497 e. The maximum Gasteiger partial charge on any atom is 0.250 e. The van der Waals surface area contributed by atoms with Crippen LogP contribution in [0.15, 0.2) is 48.5 Å². The lowest BCUT2D eigenvalue weighted by molar-refractivity contribution is -0.147. The van der Waals surface area contributed by atoms with Crippen LogP contribution in [-0.4, -0.2) is 77.1 Å². The number of thioether (sulfide) groups is 1. The number of rotatable bonds is 9. The fourth-order valence-electron chi connectivity index (χ4n) is 5.39. The third-order valence-electron chi connectivity index (χ3n) is 7.56. The molecular formula is C28H34N4O4S2. The normalized spacial score (nSPS) is 20.4. The van der Waals surface area contributed by atoms with Crippen LogP contribution in [-0.2, 0) is 9.59 Å². The second kappa shape index (κ2) is 11.4. The Labute approximate surface area is 233 Å². The van der Waals surface area contributed by atoms with E-state index >= 15 is 0 Å². The zero-order valence-corrected chi connectivity index (χ0v) is 23.4. The van der Waals surface area contributed by atoms with Gasteiger partial charge in [0.15, 0.2) is 5.11 Å². The average Bonchev–Trinajstić information content (AvgIpc) is 3.71. The topological polar surface area (TPSA) is 83.1 Å². The summed E-state index contributed by atoms with van der Waals surface area (Å²) >= 11 is 7.44. The summed E-state index contributed by atoms with van der Waals surface area (Å²) in [6.45, 7) is 0.769. The number of thiocarbonyl (C=S) groups is 1. The zero-order chi connectivity index (χ0) is 26.7. The number of carbonyl (C=O) groups excluding carboxylic acids is 2. The van der Waals surface area contributed by atoms with Crippen molar-refractivity contribution in [2.45, 2.75) is 43.3 Å². The minimum absolute atomic E-state index is 0.0387. The molecule has 2 heterocycles. The Morgan fingerprint density at radius 2 is 1.87 bits per heavy atom. The largest absolute Gasteiger partial charge is 0.497 e. The number of anilines is 1. The lowest BCUT2D eigenvalue weighted by Crippen LogP contribution is -2.63. The molecule has 5 rings (SSSR count). The molecule has 0 radical (unpaired) electrons. The Bertz CT molecular complexity index is 1180. The molecule has 0 unspecified atom stereocenters. The summed E-state index contributed by atoms with van der Waals surface area (Å²) in [6, 6.07) is 15.5. The lowest BCUT2D eigenvalue weighted by Gasteiger charge is -2.45. The number of ether oxygens (including phenoxy) is 2. The summed E-state index contributed by atoms with van der Waals surface area (Å²) in [5.41, 5.74) is 0.786. The number of methoxy groups -OCH3 is 2. The van der Waals surface area contributed by atoms with E-state index in [0.29, 0.717) is 41.7 Å². The number of hydrogen-bond acceptors (Lipinski definition) is 6. The third-order valence-corrected chi connectivity index (χ3v) is 8.92. The van der Waals surface area contributed by atoms with Gasteiger partial charge in [0.2, 0.25) is 5.91 Å². The molecule has 0 aromatic heterocycles. The third kappa shape index (κ3) is 5.42. The molecular weight excluding hydrogens is 520 g/mol. The first kappa shape index (κ1) is 26.6. The van der Waals surface area contributed by atoms with Crippen molar-refractivity contribution >= 4 is 46.6 Å². The Morgan fingerprint density at radius 3 is 2.53 bits per heavy atom. The van der Waals surface area contributed by atoms with Gasteiger partial charge in [-0.25, -0.2) is 0 Å². The number of carbonyl (C=O) groups is 2. The van der Waals surface area contributed by atoms with E-state index in [4.69, 9.17) is 21.7 Å². The summed E-state index contributed by atoms with van der Waals surface area (Å²) in [5.74, 6) is 2.59. The first-order valence-corrected chi connectivity index (χ1v) is 14.6. The first-order chi connectivity index (χ1) is 18.4. The number of nitrogens with zero attached hydrogens (tertiary/aromatic N) is 2. The van der Waals surface area contributed by atoms with Crippen molar-refractivity contribution < 1.29 is 19.1 Å². The van der Waals surface area contributed by atoms with Crippen LogP contribution in [0.2, 0.25) is 0 Å². The second-order valence-corrected chi connectivity index (χ2v) is 11.6. The molecule has 38 heavy (non-hydrogen) atoms. The molecule has 2 saturated heterocycles. The van der Waals surface area contributed by atoms with Crippen LogP contribution in [0.3, 0.4) is 0 Å². The van der Waals surface area contributed by atoms with Crippen molar-refractivity contribution in [2.24, 2.45) is 0 Å². The highest BCUT2D eigenvalue weighted by Crippen LogP contribution is 2.42. The molecule has 1 saturated carbocycles. The molecule has 0 spiro atoms. The SMILES string of the molecule is COc1ccc(NC(=O)C2(N(C(=O)CN3C[C@H](c4ccccc4)NC3=S)C3CC3)CCSCC2)c(OC)c1. The number of hydrogen-bond donors (Lipinski definition) is 2. The van der Waals surface area contributed by atoms with Crippen LogP contribution in [0.1, 0.15) is 37.3 Å². The molecule has 202 valence electrons. The van der Waals surface area contributed by atoms with Gasteiger partial charge in [0.25, 0.3) is 5.91 Å².